The Morgan fingerprint density at radius 1 is 1.04 bits per heavy atom. The molecule has 1 heterocycles. The minimum atomic E-state index is 0.775. The number of nitrogens with one attached hydrogen (secondary N) is 1. The Kier molecular flexibility index (Phi) is 5.02. The normalized spacial score (nSPS) is 10.4. The maximum Gasteiger partial charge on any atom is 0.187 e. The molecule has 0 atom stereocenters. The lowest BCUT2D eigenvalue weighted by molar-refractivity contribution is 0.404. The quantitative estimate of drug-likeness (QED) is 0.558. The number of methoxy groups -OCH3 is 2. The van der Waals surface area contributed by atoms with Crippen molar-refractivity contribution in [2.75, 3.05) is 19.5 Å². The van der Waals surface area contributed by atoms with Crippen molar-refractivity contribution in [3.05, 3.63) is 51.4 Å². The smallest absolute Gasteiger partial charge is 0.187 e. The highest BCUT2D eigenvalue weighted by atomic mass is 127. The van der Waals surface area contributed by atoms with Crippen LogP contribution in [-0.2, 0) is 0 Å². The molecule has 1 aromatic heterocycles. The summed E-state index contributed by atoms with van der Waals surface area (Å²) in [6.45, 7) is 0. The van der Waals surface area contributed by atoms with E-state index in [0.29, 0.717) is 0 Å². The van der Waals surface area contributed by atoms with Crippen LogP contribution in [-0.4, -0.2) is 19.2 Å². The molecule has 0 amide bonds. The van der Waals surface area contributed by atoms with Gasteiger partial charge in [0.2, 0.25) is 0 Å². The molecular formula is C17H15IN2O2S. The second-order valence-electron chi connectivity index (χ2n) is 4.74. The molecule has 0 aliphatic rings. The lowest BCUT2D eigenvalue weighted by Gasteiger charge is -2.08. The summed E-state index contributed by atoms with van der Waals surface area (Å²) in [7, 11) is 3.30. The van der Waals surface area contributed by atoms with Gasteiger partial charge in [-0.3, -0.25) is 0 Å². The topological polar surface area (TPSA) is 43.4 Å². The van der Waals surface area contributed by atoms with Gasteiger partial charge in [0.05, 0.1) is 19.9 Å². The molecule has 0 aliphatic carbocycles. The lowest BCUT2D eigenvalue weighted by atomic mass is 10.1. The first-order valence-corrected chi connectivity index (χ1v) is 8.86. The fourth-order valence-electron chi connectivity index (χ4n) is 2.13. The molecule has 0 aliphatic heterocycles. The summed E-state index contributed by atoms with van der Waals surface area (Å²) in [5.74, 6) is 1.55. The molecule has 0 fully saturated rings. The van der Waals surface area contributed by atoms with E-state index in [1.54, 1.807) is 25.6 Å². The van der Waals surface area contributed by atoms with Crippen LogP contribution in [0.3, 0.4) is 0 Å². The Bertz CT molecular complexity index is 803. The van der Waals surface area contributed by atoms with Gasteiger partial charge < -0.3 is 14.8 Å². The summed E-state index contributed by atoms with van der Waals surface area (Å²) in [5.41, 5.74) is 2.79. The molecule has 0 saturated heterocycles. The molecule has 23 heavy (non-hydrogen) atoms. The van der Waals surface area contributed by atoms with Gasteiger partial charge in [0.25, 0.3) is 0 Å². The van der Waals surface area contributed by atoms with Gasteiger partial charge in [0.15, 0.2) is 5.13 Å². The van der Waals surface area contributed by atoms with Gasteiger partial charge in [-0.25, -0.2) is 4.98 Å². The van der Waals surface area contributed by atoms with Crippen molar-refractivity contribution in [3.8, 4) is 22.8 Å². The summed E-state index contributed by atoms with van der Waals surface area (Å²) < 4.78 is 11.9. The third kappa shape index (κ3) is 3.76. The zero-order valence-corrected chi connectivity index (χ0v) is 15.6. The van der Waals surface area contributed by atoms with Gasteiger partial charge in [-0.05, 0) is 65.1 Å². The molecule has 1 N–H and O–H groups in total. The van der Waals surface area contributed by atoms with Crippen molar-refractivity contribution in [3.63, 3.8) is 0 Å². The summed E-state index contributed by atoms with van der Waals surface area (Å²) in [6, 6.07) is 13.9. The summed E-state index contributed by atoms with van der Waals surface area (Å²) in [4.78, 5) is 4.65. The van der Waals surface area contributed by atoms with Crippen molar-refractivity contribution in [1.29, 1.82) is 0 Å². The van der Waals surface area contributed by atoms with Gasteiger partial charge in [-0.2, -0.15) is 0 Å². The average molecular weight is 438 g/mol. The van der Waals surface area contributed by atoms with Gasteiger partial charge in [-0.15, -0.1) is 11.3 Å². The molecule has 0 unspecified atom stereocenters. The number of ether oxygens (including phenoxy) is 2. The first-order chi connectivity index (χ1) is 11.2. The zero-order chi connectivity index (χ0) is 16.2. The molecule has 0 radical (unpaired) electrons. The number of halogens is 1. The molecule has 6 heteroatoms. The van der Waals surface area contributed by atoms with E-state index in [9.17, 15) is 0 Å². The first kappa shape index (κ1) is 16.1. The SMILES string of the molecule is COc1ccc(OC)c(-c2csc(Nc3ccc(I)cc3)n2)c1. The van der Waals surface area contributed by atoms with Crippen molar-refractivity contribution in [2.45, 2.75) is 0 Å². The Morgan fingerprint density at radius 2 is 1.83 bits per heavy atom. The molecule has 3 aromatic rings. The van der Waals surface area contributed by atoms with Gasteiger partial charge in [-0.1, -0.05) is 0 Å². The molecule has 4 nitrogen and oxygen atoms in total. The number of anilines is 2. The van der Waals surface area contributed by atoms with Gasteiger partial charge in [0, 0.05) is 20.2 Å². The number of hydrogen-bond acceptors (Lipinski definition) is 5. The van der Waals surface area contributed by atoms with E-state index in [0.717, 1.165) is 33.6 Å². The number of rotatable bonds is 5. The first-order valence-electron chi connectivity index (χ1n) is 6.90. The van der Waals surface area contributed by atoms with Crippen molar-refractivity contribution >= 4 is 44.7 Å². The van der Waals surface area contributed by atoms with Crippen LogP contribution in [0.1, 0.15) is 0 Å². The number of thiazole rings is 1. The Hall–Kier alpha value is -1.80. The Labute approximate surface area is 152 Å². The van der Waals surface area contributed by atoms with Crippen LogP contribution in [0.4, 0.5) is 10.8 Å². The van der Waals surface area contributed by atoms with Crippen LogP contribution in [0.5, 0.6) is 11.5 Å². The summed E-state index contributed by atoms with van der Waals surface area (Å²) >= 11 is 3.84. The number of nitrogens with zero attached hydrogens (tertiary/aromatic N) is 1. The monoisotopic (exact) mass is 438 g/mol. The highest BCUT2D eigenvalue weighted by Crippen LogP contribution is 2.35. The molecule has 0 bridgehead atoms. The van der Waals surface area contributed by atoms with Crippen LogP contribution in [0.2, 0.25) is 0 Å². The maximum absolute atomic E-state index is 5.43. The summed E-state index contributed by atoms with van der Waals surface area (Å²) in [6.07, 6.45) is 0. The van der Waals surface area contributed by atoms with Gasteiger partial charge >= 0.3 is 0 Å². The average Bonchev–Trinajstić information content (AvgIpc) is 3.04. The van der Waals surface area contributed by atoms with E-state index < -0.39 is 0 Å². The fourth-order valence-corrected chi connectivity index (χ4v) is 3.22. The largest absolute Gasteiger partial charge is 0.497 e. The number of aromatic nitrogens is 1. The molecule has 3 rings (SSSR count). The maximum atomic E-state index is 5.43. The molecule has 0 spiro atoms. The third-order valence-electron chi connectivity index (χ3n) is 3.28. The predicted molar refractivity (Wildman–Crippen MR) is 103 cm³/mol. The summed E-state index contributed by atoms with van der Waals surface area (Å²) in [5, 5.41) is 6.16. The number of benzene rings is 2. The van der Waals surface area contributed by atoms with E-state index in [-0.39, 0.29) is 0 Å². The van der Waals surface area contributed by atoms with Crippen molar-refractivity contribution < 1.29 is 9.47 Å². The van der Waals surface area contributed by atoms with Crippen molar-refractivity contribution in [2.24, 2.45) is 0 Å². The standard InChI is InChI=1S/C17H15IN2O2S/c1-21-13-7-8-16(22-2)14(9-13)15-10-23-17(20-15)19-12-5-3-11(18)4-6-12/h3-10H,1-2H3,(H,19,20). The van der Waals surface area contributed by atoms with Gasteiger partial charge in [0.1, 0.15) is 11.5 Å². The van der Waals surface area contributed by atoms with E-state index in [4.69, 9.17) is 9.47 Å². The highest BCUT2D eigenvalue weighted by molar-refractivity contribution is 14.1. The van der Waals surface area contributed by atoms with Crippen LogP contribution in [0.15, 0.2) is 47.8 Å². The minimum absolute atomic E-state index is 0.775. The zero-order valence-electron chi connectivity index (χ0n) is 12.7. The molecule has 2 aromatic carbocycles. The van der Waals surface area contributed by atoms with E-state index in [1.807, 2.05) is 35.7 Å². The second-order valence-corrected chi connectivity index (χ2v) is 6.84. The Morgan fingerprint density at radius 3 is 2.52 bits per heavy atom. The highest BCUT2D eigenvalue weighted by Gasteiger charge is 2.11. The third-order valence-corrected chi connectivity index (χ3v) is 4.76. The van der Waals surface area contributed by atoms with Crippen LogP contribution in [0.25, 0.3) is 11.3 Å². The Balaban J connectivity index is 1.88. The number of hydrogen-bond donors (Lipinski definition) is 1. The van der Waals surface area contributed by atoms with Crippen LogP contribution in [0, 0.1) is 3.57 Å². The van der Waals surface area contributed by atoms with Crippen LogP contribution < -0.4 is 14.8 Å². The molecule has 118 valence electrons. The minimum Gasteiger partial charge on any atom is -0.497 e. The van der Waals surface area contributed by atoms with Crippen LogP contribution >= 0.6 is 33.9 Å². The molecule has 0 saturated carbocycles. The second kappa shape index (κ2) is 7.18. The fraction of sp³-hybridized carbons (Fsp3) is 0.118. The predicted octanol–water partition coefficient (Wildman–Crippen LogP) is 5.18. The van der Waals surface area contributed by atoms with E-state index in [1.165, 1.54) is 3.57 Å². The van der Waals surface area contributed by atoms with Crippen molar-refractivity contribution in [1.82, 2.24) is 4.98 Å². The lowest BCUT2D eigenvalue weighted by Crippen LogP contribution is -1.92. The molecular weight excluding hydrogens is 423 g/mol. The van der Waals surface area contributed by atoms with E-state index in [2.05, 4.69) is 45.0 Å². The van der Waals surface area contributed by atoms with E-state index >= 15 is 0 Å².